The predicted molar refractivity (Wildman–Crippen MR) is 85.4 cm³/mol. The number of carbonyl (C=O) groups excluding carboxylic acids is 1. The summed E-state index contributed by atoms with van der Waals surface area (Å²) in [5.41, 5.74) is 0.840. The number of rotatable bonds is 6. The van der Waals surface area contributed by atoms with Crippen LogP contribution in [-0.2, 0) is 4.79 Å². The maximum Gasteiger partial charge on any atom is 0.387 e. The van der Waals surface area contributed by atoms with E-state index in [2.05, 4.69) is 20.0 Å². The first kappa shape index (κ1) is 16.2. The molecular weight excluding hydrogens is 338 g/mol. The van der Waals surface area contributed by atoms with Gasteiger partial charge < -0.3 is 14.5 Å². The number of thioether (sulfide) groups is 1. The largest absolute Gasteiger partial charge is 0.433 e. The molecule has 1 N–H and O–H groups in total. The number of fused-ring (bicyclic) bond motifs is 1. The van der Waals surface area contributed by atoms with Gasteiger partial charge in [-0.05, 0) is 12.1 Å². The van der Waals surface area contributed by atoms with Crippen molar-refractivity contribution >= 4 is 29.0 Å². The molecule has 6 nitrogen and oxygen atoms in total. The zero-order valence-corrected chi connectivity index (χ0v) is 13.0. The van der Waals surface area contributed by atoms with E-state index in [0.717, 1.165) is 0 Å². The van der Waals surface area contributed by atoms with Gasteiger partial charge >= 0.3 is 6.61 Å². The minimum atomic E-state index is -2.96. The number of nitrogens with zero attached hydrogens (tertiary/aromatic N) is 3. The summed E-state index contributed by atoms with van der Waals surface area (Å²) in [5, 5.41) is 3.16. The number of hydrogen-bond acceptors (Lipinski definition) is 5. The van der Waals surface area contributed by atoms with Crippen LogP contribution in [0.3, 0.4) is 0 Å². The van der Waals surface area contributed by atoms with Crippen molar-refractivity contribution in [1.82, 2.24) is 14.4 Å². The summed E-state index contributed by atoms with van der Waals surface area (Å²) in [6.07, 6.45) is 6.78. The van der Waals surface area contributed by atoms with Crippen molar-refractivity contribution in [2.24, 2.45) is 0 Å². The van der Waals surface area contributed by atoms with E-state index in [0.29, 0.717) is 10.7 Å². The fraction of sp³-hybridized carbons (Fsp3) is 0.133. The number of alkyl halides is 2. The fourth-order valence-electron chi connectivity index (χ4n) is 2.02. The lowest BCUT2D eigenvalue weighted by molar-refractivity contribution is -0.113. The standard InChI is InChI=1S/C15H12F2N4O2S/c16-15(17)23-11-4-2-1-3-10(11)20-12(22)9-24-14-13-18-5-7-21(13)8-6-19-14/h1-8,15H,9H2,(H,20,22). The first-order chi connectivity index (χ1) is 11.6. The molecule has 2 heterocycles. The van der Waals surface area contributed by atoms with Gasteiger partial charge in [-0.25, -0.2) is 9.97 Å². The molecule has 0 radical (unpaired) electrons. The Hall–Kier alpha value is -2.68. The van der Waals surface area contributed by atoms with E-state index in [4.69, 9.17) is 0 Å². The van der Waals surface area contributed by atoms with Crippen LogP contribution in [0.5, 0.6) is 5.75 Å². The molecule has 2 aromatic heterocycles. The number of anilines is 1. The zero-order valence-electron chi connectivity index (χ0n) is 12.2. The van der Waals surface area contributed by atoms with E-state index in [1.54, 1.807) is 41.3 Å². The Morgan fingerprint density at radius 2 is 2.00 bits per heavy atom. The third kappa shape index (κ3) is 3.80. The lowest BCUT2D eigenvalue weighted by Crippen LogP contribution is -2.15. The molecule has 0 aliphatic heterocycles. The van der Waals surface area contributed by atoms with Crippen LogP contribution in [-0.4, -0.2) is 32.6 Å². The summed E-state index contributed by atoms with van der Waals surface area (Å²) in [7, 11) is 0. The molecule has 0 atom stereocenters. The van der Waals surface area contributed by atoms with Crippen LogP contribution in [0.4, 0.5) is 14.5 Å². The lowest BCUT2D eigenvalue weighted by Gasteiger charge is -2.11. The van der Waals surface area contributed by atoms with Gasteiger partial charge in [0.2, 0.25) is 5.91 Å². The lowest BCUT2D eigenvalue weighted by atomic mass is 10.3. The molecule has 0 aliphatic rings. The van der Waals surface area contributed by atoms with Crippen molar-refractivity contribution < 1.29 is 18.3 Å². The zero-order chi connectivity index (χ0) is 16.9. The highest BCUT2D eigenvalue weighted by Crippen LogP contribution is 2.26. The summed E-state index contributed by atoms with van der Waals surface area (Å²) in [4.78, 5) is 20.4. The van der Waals surface area contributed by atoms with Crippen LogP contribution in [0.2, 0.25) is 0 Å². The Balaban J connectivity index is 1.65. The fourth-order valence-corrected chi connectivity index (χ4v) is 2.78. The summed E-state index contributed by atoms with van der Waals surface area (Å²) >= 11 is 1.21. The molecule has 0 spiro atoms. The second kappa shape index (κ2) is 7.26. The minimum Gasteiger partial charge on any atom is -0.433 e. The topological polar surface area (TPSA) is 68.5 Å². The van der Waals surface area contributed by atoms with Crippen molar-refractivity contribution in [3.05, 3.63) is 49.1 Å². The van der Waals surface area contributed by atoms with Crippen molar-refractivity contribution in [3.8, 4) is 5.75 Å². The number of carbonyl (C=O) groups is 1. The van der Waals surface area contributed by atoms with Gasteiger partial charge in [0.05, 0.1) is 11.4 Å². The molecule has 0 saturated carbocycles. The smallest absolute Gasteiger partial charge is 0.387 e. The molecule has 0 fully saturated rings. The number of imidazole rings is 1. The van der Waals surface area contributed by atoms with Gasteiger partial charge in [0.1, 0.15) is 10.8 Å². The van der Waals surface area contributed by atoms with Crippen molar-refractivity contribution in [2.75, 3.05) is 11.1 Å². The molecule has 0 bridgehead atoms. The molecule has 1 aromatic carbocycles. The molecule has 3 aromatic rings. The van der Waals surface area contributed by atoms with Crippen LogP contribution in [0, 0.1) is 0 Å². The molecule has 0 aliphatic carbocycles. The van der Waals surface area contributed by atoms with E-state index in [1.165, 1.54) is 23.9 Å². The SMILES string of the molecule is O=C(CSc1nccn2ccnc12)Nc1ccccc1OC(F)F. The van der Waals surface area contributed by atoms with E-state index in [1.807, 2.05) is 0 Å². The van der Waals surface area contributed by atoms with Gasteiger partial charge in [-0.15, -0.1) is 0 Å². The van der Waals surface area contributed by atoms with E-state index in [9.17, 15) is 13.6 Å². The first-order valence-corrected chi connectivity index (χ1v) is 7.86. The highest BCUT2D eigenvalue weighted by molar-refractivity contribution is 8.00. The summed E-state index contributed by atoms with van der Waals surface area (Å²) in [6.45, 7) is -2.96. The van der Waals surface area contributed by atoms with Gasteiger partial charge in [0, 0.05) is 24.8 Å². The third-order valence-electron chi connectivity index (χ3n) is 3.00. The van der Waals surface area contributed by atoms with E-state index in [-0.39, 0.29) is 23.1 Å². The summed E-state index contributed by atoms with van der Waals surface area (Å²) in [6, 6.07) is 6.02. The monoisotopic (exact) mass is 350 g/mol. The Kier molecular flexibility index (Phi) is 4.90. The Morgan fingerprint density at radius 1 is 1.25 bits per heavy atom. The molecule has 124 valence electrons. The molecule has 1 amide bonds. The Morgan fingerprint density at radius 3 is 2.79 bits per heavy atom. The van der Waals surface area contributed by atoms with Crippen LogP contribution in [0.1, 0.15) is 0 Å². The molecule has 24 heavy (non-hydrogen) atoms. The highest BCUT2D eigenvalue weighted by Gasteiger charge is 2.13. The van der Waals surface area contributed by atoms with Gasteiger partial charge in [-0.2, -0.15) is 8.78 Å². The average molecular weight is 350 g/mol. The van der Waals surface area contributed by atoms with Crippen LogP contribution < -0.4 is 10.1 Å². The van der Waals surface area contributed by atoms with Crippen molar-refractivity contribution in [2.45, 2.75) is 11.6 Å². The number of ether oxygens (including phenoxy) is 1. The number of hydrogen-bond donors (Lipinski definition) is 1. The van der Waals surface area contributed by atoms with E-state index >= 15 is 0 Å². The normalized spacial score (nSPS) is 11.0. The first-order valence-electron chi connectivity index (χ1n) is 6.87. The minimum absolute atomic E-state index is 0.0581. The molecule has 9 heteroatoms. The molecule has 0 unspecified atom stereocenters. The number of nitrogens with one attached hydrogen (secondary N) is 1. The Bertz CT molecular complexity index is 856. The average Bonchev–Trinajstić information content (AvgIpc) is 3.03. The third-order valence-corrected chi connectivity index (χ3v) is 3.96. The summed E-state index contributed by atoms with van der Waals surface area (Å²) in [5.74, 6) is -0.386. The van der Waals surface area contributed by atoms with Gasteiger partial charge in [-0.3, -0.25) is 4.79 Å². The van der Waals surface area contributed by atoms with E-state index < -0.39 is 6.61 Å². The Labute approximate surface area is 139 Å². The maximum atomic E-state index is 12.4. The highest BCUT2D eigenvalue weighted by atomic mass is 32.2. The number of halogens is 2. The van der Waals surface area contributed by atoms with Crippen LogP contribution >= 0.6 is 11.8 Å². The van der Waals surface area contributed by atoms with Crippen LogP contribution in [0.15, 0.2) is 54.1 Å². The molecular formula is C15H12F2N4O2S. The number of benzene rings is 1. The summed E-state index contributed by atoms with van der Waals surface area (Å²) < 4.78 is 30.9. The molecule has 3 rings (SSSR count). The van der Waals surface area contributed by atoms with Gasteiger partial charge in [0.15, 0.2) is 5.65 Å². The quantitative estimate of drug-likeness (QED) is 0.692. The van der Waals surface area contributed by atoms with Gasteiger partial charge in [-0.1, -0.05) is 23.9 Å². The predicted octanol–water partition coefficient (Wildman–Crippen LogP) is 3.06. The van der Waals surface area contributed by atoms with Crippen molar-refractivity contribution in [1.29, 1.82) is 0 Å². The second-order valence-electron chi connectivity index (χ2n) is 4.60. The van der Waals surface area contributed by atoms with Crippen molar-refractivity contribution in [3.63, 3.8) is 0 Å². The number of para-hydroxylation sites is 2. The number of amides is 1. The number of aromatic nitrogens is 3. The second-order valence-corrected chi connectivity index (χ2v) is 5.57. The van der Waals surface area contributed by atoms with Crippen LogP contribution in [0.25, 0.3) is 5.65 Å². The maximum absolute atomic E-state index is 12.4. The molecule has 0 saturated heterocycles. The van der Waals surface area contributed by atoms with Gasteiger partial charge in [0.25, 0.3) is 0 Å².